The Bertz CT molecular complexity index is 1150. The number of carbonyl (C=O) groups is 3. The van der Waals surface area contributed by atoms with Gasteiger partial charge in [0.1, 0.15) is 5.00 Å². The molecule has 2 aromatic heterocycles. The number of para-hydroxylation sites is 1. The summed E-state index contributed by atoms with van der Waals surface area (Å²) in [5.41, 5.74) is 2.91. The van der Waals surface area contributed by atoms with Crippen LogP contribution < -0.4 is 5.32 Å². The third-order valence-corrected chi connectivity index (χ3v) is 5.76. The van der Waals surface area contributed by atoms with Crippen molar-refractivity contribution in [1.82, 2.24) is 4.98 Å². The molecule has 1 aromatic carbocycles. The maximum atomic E-state index is 12.6. The van der Waals surface area contributed by atoms with Crippen molar-refractivity contribution in [1.29, 1.82) is 0 Å². The number of hydrogen-bond donors (Lipinski definition) is 1. The van der Waals surface area contributed by atoms with Gasteiger partial charge in [-0.25, -0.2) is 9.59 Å². The van der Waals surface area contributed by atoms with Gasteiger partial charge in [0.2, 0.25) is 0 Å². The van der Waals surface area contributed by atoms with Gasteiger partial charge in [-0.15, -0.1) is 11.3 Å². The highest BCUT2D eigenvalue weighted by molar-refractivity contribution is 7.16. The van der Waals surface area contributed by atoms with Crippen LogP contribution in [0.2, 0.25) is 0 Å². The molecule has 0 unspecified atom stereocenters. The zero-order valence-electron chi connectivity index (χ0n) is 17.9. The molecule has 7 nitrogen and oxygen atoms in total. The van der Waals surface area contributed by atoms with Crippen molar-refractivity contribution in [2.75, 3.05) is 18.5 Å². The number of carbonyl (C=O) groups excluding carboxylic acids is 3. The molecule has 3 rings (SSSR count). The van der Waals surface area contributed by atoms with Crippen LogP contribution in [-0.2, 0) is 20.7 Å². The summed E-state index contributed by atoms with van der Waals surface area (Å²) in [6.45, 7) is 7.10. The number of pyridine rings is 1. The molecule has 1 amide bonds. The van der Waals surface area contributed by atoms with Crippen LogP contribution >= 0.6 is 11.3 Å². The Morgan fingerprint density at radius 3 is 2.52 bits per heavy atom. The van der Waals surface area contributed by atoms with Gasteiger partial charge in [0, 0.05) is 16.0 Å². The maximum Gasteiger partial charge on any atom is 0.341 e. The van der Waals surface area contributed by atoms with Gasteiger partial charge in [0.05, 0.1) is 23.3 Å². The normalized spacial score (nSPS) is 10.7. The number of fused-ring (bicyclic) bond motifs is 1. The van der Waals surface area contributed by atoms with Crippen molar-refractivity contribution in [2.45, 2.75) is 34.1 Å². The first-order chi connectivity index (χ1) is 14.8. The first kappa shape index (κ1) is 22.4. The third kappa shape index (κ3) is 4.91. The lowest BCUT2D eigenvalue weighted by molar-refractivity contribution is -0.119. The molecule has 31 heavy (non-hydrogen) atoms. The van der Waals surface area contributed by atoms with Gasteiger partial charge in [-0.1, -0.05) is 25.1 Å². The monoisotopic (exact) mass is 440 g/mol. The van der Waals surface area contributed by atoms with E-state index in [-0.39, 0.29) is 6.61 Å². The molecule has 162 valence electrons. The summed E-state index contributed by atoms with van der Waals surface area (Å²) >= 11 is 1.30. The minimum atomic E-state index is -0.612. The van der Waals surface area contributed by atoms with Crippen LogP contribution in [0, 0.1) is 13.8 Å². The quantitative estimate of drug-likeness (QED) is 0.546. The van der Waals surface area contributed by atoms with Crippen LogP contribution in [0.15, 0.2) is 30.3 Å². The lowest BCUT2D eigenvalue weighted by Gasteiger charge is -2.10. The second-order valence-corrected chi connectivity index (χ2v) is 8.09. The first-order valence-electron chi connectivity index (χ1n) is 9.98. The number of hydrogen-bond acceptors (Lipinski definition) is 7. The molecule has 0 bridgehead atoms. The van der Waals surface area contributed by atoms with Crippen molar-refractivity contribution in [3.05, 3.63) is 57.6 Å². The molecule has 2 heterocycles. The summed E-state index contributed by atoms with van der Waals surface area (Å²) in [5.74, 6) is -1.62. The average molecular weight is 441 g/mol. The Morgan fingerprint density at radius 2 is 1.81 bits per heavy atom. The predicted octanol–water partition coefficient (Wildman–Crippen LogP) is 4.45. The zero-order chi connectivity index (χ0) is 22.5. The van der Waals surface area contributed by atoms with Gasteiger partial charge in [-0.2, -0.15) is 0 Å². The minimum absolute atomic E-state index is 0.237. The van der Waals surface area contributed by atoms with E-state index in [1.807, 2.05) is 32.0 Å². The molecule has 8 heteroatoms. The zero-order valence-corrected chi connectivity index (χ0v) is 18.7. The SMILES string of the molecule is CCOC(=O)c1c(NC(=O)COC(=O)c2cc(C)nc3ccccc23)sc(C)c1CC. The van der Waals surface area contributed by atoms with Gasteiger partial charge in [-0.3, -0.25) is 9.78 Å². The predicted molar refractivity (Wildman–Crippen MR) is 120 cm³/mol. The second kappa shape index (κ2) is 9.70. The summed E-state index contributed by atoms with van der Waals surface area (Å²) < 4.78 is 10.4. The Kier molecular flexibility index (Phi) is 7.02. The molecular formula is C23H24N2O5S. The van der Waals surface area contributed by atoms with E-state index in [1.54, 1.807) is 26.0 Å². The van der Waals surface area contributed by atoms with Crippen molar-refractivity contribution < 1.29 is 23.9 Å². The van der Waals surface area contributed by atoms with E-state index in [4.69, 9.17) is 9.47 Å². The molecule has 3 aromatic rings. The molecule has 0 fully saturated rings. The lowest BCUT2D eigenvalue weighted by Crippen LogP contribution is -2.22. The number of anilines is 1. The first-order valence-corrected chi connectivity index (χ1v) is 10.8. The largest absolute Gasteiger partial charge is 0.462 e. The number of nitrogens with one attached hydrogen (secondary N) is 1. The van der Waals surface area contributed by atoms with E-state index in [0.29, 0.717) is 39.1 Å². The second-order valence-electron chi connectivity index (χ2n) is 6.87. The summed E-state index contributed by atoms with van der Waals surface area (Å²) in [6, 6.07) is 8.88. The molecule has 1 N–H and O–H groups in total. The van der Waals surface area contributed by atoms with Crippen LogP contribution in [0.25, 0.3) is 10.9 Å². The Morgan fingerprint density at radius 1 is 1.06 bits per heavy atom. The number of nitrogens with zero attached hydrogens (tertiary/aromatic N) is 1. The van der Waals surface area contributed by atoms with Crippen molar-refractivity contribution in [3.8, 4) is 0 Å². The number of rotatable bonds is 7. The maximum absolute atomic E-state index is 12.6. The summed E-state index contributed by atoms with van der Waals surface area (Å²) in [4.78, 5) is 42.8. The molecule has 0 aliphatic heterocycles. The fraction of sp³-hybridized carbons (Fsp3) is 0.304. The topological polar surface area (TPSA) is 94.6 Å². The summed E-state index contributed by atoms with van der Waals surface area (Å²) in [6.07, 6.45) is 0.635. The number of benzene rings is 1. The highest BCUT2D eigenvalue weighted by Gasteiger charge is 2.24. The number of aryl methyl sites for hydroxylation is 2. The Hall–Kier alpha value is -3.26. The lowest BCUT2D eigenvalue weighted by atomic mass is 10.1. The van der Waals surface area contributed by atoms with E-state index < -0.39 is 24.5 Å². The van der Waals surface area contributed by atoms with Crippen molar-refractivity contribution in [2.24, 2.45) is 0 Å². The number of esters is 2. The Labute approximate surface area is 184 Å². The molecule has 0 spiro atoms. The van der Waals surface area contributed by atoms with Gasteiger partial charge in [-0.05, 0) is 44.9 Å². The standard InChI is InChI=1S/C23H24N2O5S/c1-5-15-14(4)31-21(20(15)23(28)29-6-2)25-19(26)12-30-22(27)17-11-13(3)24-18-10-8-7-9-16(17)18/h7-11H,5-6,12H2,1-4H3,(H,25,26). The molecule has 0 saturated carbocycles. The number of aromatic nitrogens is 1. The van der Waals surface area contributed by atoms with Crippen molar-refractivity contribution in [3.63, 3.8) is 0 Å². The van der Waals surface area contributed by atoms with Crippen LogP contribution in [0.1, 0.15) is 50.7 Å². The van der Waals surface area contributed by atoms with E-state index in [9.17, 15) is 14.4 Å². The van der Waals surface area contributed by atoms with Gasteiger partial charge in [0.25, 0.3) is 5.91 Å². The van der Waals surface area contributed by atoms with E-state index >= 15 is 0 Å². The molecule has 0 atom stereocenters. The van der Waals surface area contributed by atoms with Crippen molar-refractivity contribution >= 4 is 45.1 Å². The fourth-order valence-corrected chi connectivity index (χ4v) is 4.51. The molecule has 0 aliphatic rings. The van der Waals surface area contributed by atoms with Crippen LogP contribution in [-0.4, -0.2) is 36.0 Å². The summed E-state index contributed by atoms with van der Waals surface area (Å²) in [7, 11) is 0. The minimum Gasteiger partial charge on any atom is -0.462 e. The van der Waals surface area contributed by atoms with Gasteiger partial charge >= 0.3 is 11.9 Å². The van der Waals surface area contributed by atoms with Gasteiger partial charge in [0.15, 0.2) is 6.61 Å². The van der Waals surface area contributed by atoms with Crippen LogP contribution in [0.4, 0.5) is 5.00 Å². The smallest absolute Gasteiger partial charge is 0.341 e. The fourth-order valence-electron chi connectivity index (χ4n) is 3.36. The number of amides is 1. The highest BCUT2D eigenvalue weighted by atomic mass is 32.1. The van der Waals surface area contributed by atoms with Crippen LogP contribution in [0.3, 0.4) is 0 Å². The van der Waals surface area contributed by atoms with E-state index in [2.05, 4.69) is 10.3 Å². The molecule has 0 saturated heterocycles. The summed E-state index contributed by atoms with van der Waals surface area (Å²) in [5, 5.41) is 3.75. The average Bonchev–Trinajstić information content (AvgIpc) is 3.06. The van der Waals surface area contributed by atoms with Gasteiger partial charge < -0.3 is 14.8 Å². The Balaban J connectivity index is 1.74. The molecule has 0 aliphatic carbocycles. The third-order valence-electron chi connectivity index (χ3n) is 4.69. The molecule has 0 radical (unpaired) electrons. The highest BCUT2D eigenvalue weighted by Crippen LogP contribution is 2.34. The van der Waals surface area contributed by atoms with Crippen LogP contribution in [0.5, 0.6) is 0 Å². The molecular weight excluding hydrogens is 416 g/mol. The van der Waals surface area contributed by atoms with E-state index in [0.717, 1.165) is 10.4 Å². The number of ether oxygens (including phenoxy) is 2. The van der Waals surface area contributed by atoms with E-state index in [1.165, 1.54) is 11.3 Å². The number of thiophene rings is 1.